The van der Waals surface area contributed by atoms with Crippen LogP contribution in [0.3, 0.4) is 0 Å². The number of rotatable bonds is 7. The Kier molecular flexibility index (Phi) is 6.74. The highest BCUT2D eigenvalue weighted by Gasteiger charge is 2.32. The van der Waals surface area contributed by atoms with Crippen molar-refractivity contribution in [2.24, 2.45) is 5.92 Å². The molecule has 0 atom stereocenters. The molecule has 2 aromatic rings. The zero-order chi connectivity index (χ0) is 20.1. The van der Waals surface area contributed by atoms with Gasteiger partial charge in [-0.15, -0.1) is 11.3 Å². The van der Waals surface area contributed by atoms with Crippen molar-refractivity contribution in [1.82, 2.24) is 9.62 Å². The molecule has 152 valence electrons. The van der Waals surface area contributed by atoms with E-state index < -0.39 is 10.0 Å². The third-order valence-electron chi connectivity index (χ3n) is 4.78. The minimum absolute atomic E-state index is 0.0304. The summed E-state index contributed by atoms with van der Waals surface area (Å²) in [5, 5.41) is 4.66. The number of thiophene rings is 1. The molecule has 1 N–H and O–H groups in total. The van der Waals surface area contributed by atoms with Crippen LogP contribution in [0.5, 0.6) is 5.75 Å². The summed E-state index contributed by atoms with van der Waals surface area (Å²) >= 11 is 1.22. The maximum absolute atomic E-state index is 12.5. The molecular formula is C20H26N2O4S2. The summed E-state index contributed by atoms with van der Waals surface area (Å²) in [4.78, 5) is 12.4. The van der Waals surface area contributed by atoms with Crippen molar-refractivity contribution in [2.45, 2.75) is 30.9 Å². The minimum Gasteiger partial charge on any atom is -0.492 e. The number of sulfonamides is 1. The van der Waals surface area contributed by atoms with E-state index in [0.717, 1.165) is 16.9 Å². The molecule has 0 bridgehead atoms. The monoisotopic (exact) mass is 422 g/mol. The molecule has 1 aromatic carbocycles. The summed E-state index contributed by atoms with van der Waals surface area (Å²) in [6.07, 6.45) is 1.07. The average Bonchev–Trinajstić information content (AvgIpc) is 3.20. The van der Waals surface area contributed by atoms with Gasteiger partial charge >= 0.3 is 0 Å². The lowest BCUT2D eigenvalue weighted by Crippen LogP contribution is -2.43. The topological polar surface area (TPSA) is 75.7 Å². The number of benzene rings is 1. The first-order valence-corrected chi connectivity index (χ1v) is 11.7. The van der Waals surface area contributed by atoms with E-state index >= 15 is 0 Å². The van der Waals surface area contributed by atoms with Crippen LogP contribution in [0.25, 0.3) is 0 Å². The molecule has 1 amide bonds. The zero-order valence-electron chi connectivity index (χ0n) is 16.2. The molecule has 1 aromatic heterocycles. The first kappa shape index (κ1) is 20.8. The van der Waals surface area contributed by atoms with Gasteiger partial charge in [0.25, 0.3) is 10.0 Å². The van der Waals surface area contributed by atoms with Crippen molar-refractivity contribution in [3.63, 3.8) is 0 Å². The Bertz CT molecular complexity index is 882. The van der Waals surface area contributed by atoms with Crippen LogP contribution in [0, 0.1) is 19.8 Å². The molecule has 3 rings (SSSR count). The number of amides is 1. The van der Waals surface area contributed by atoms with Gasteiger partial charge in [0.05, 0.1) is 6.54 Å². The Morgan fingerprint density at radius 2 is 1.89 bits per heavy atom. The van der Waals surface area contributed by atoms with Gasteiger partial charge in [0, 0.05) is 19.0 Å². The van der Waals surface area contributed by atoms with Gasteiger partial charge in [0.1, 0.15) is 16.6 Å². The van der Waals surface area contributed by atoms with Crippen molar-refractivity contribution >= 4 is 27.3 Å². The quantitative estimate of drug-likeness (QED) is 0.696. The SMILES string of the molecule is Cc1cc(C)cc(OCCNC(=O)C2CCN(S(=O)(=O)c3cccs3)CC2)c1. The zero-order valence-corrected chi connectivity index (χ0v) is 17.8. The summed E-state index contributed by atoms with van der Waals surface area (Å²) in [6.45, 7) is 5.62. The third kappa shape index (κ3) is 5.12. The van der Waals surface area contributed by atoms with E-state index in [2.05, 4.69) is 11.4 Å². The second-order valence-electron chi connectivity index (χ2n) is 7.07. The van der Waals surface area contributed by atoms with Gasteiger partial charge < -0.3 is 10.1 Å². The predicted molar refractivity (Wildman–Crippen MR) is 110 cm³/mol. The van der Waals surface area contributed by atoms with Crippen LogP contribution in [0.15, 0.2) is 39.9 Å². The number of aryl methyl sites for hydroxylation is 2. The maximum atomic E-state index is 12.5. The molecule has 0 spiro atoms. The summed E-state index contributed by atoms with van der Waals surface area (Å²) in [6, 6.07) is 9.38. The van der Waals surface area contributed by atoms with E-state index in [0.29, 0.717) is 43.3 Å². The van der Waals surface area contributed by atoms with Crippen LogP contribution < -0.4 is 10.1 Å². The fourth-order valence-electron chi connectivity index (χ4n) is 3.40. The van der Waals surface area contributed by atoms with E-state index in [1.165, 1.54) is 15.6 Å². The number of hydrogen-bond donors (Lipinski definition) is 1. The van der Waals surface area contributed by atoms with Gasteiger partial charge in [-0.1, -0.05) is 12.1 Å². The van der Waals surface area contributed by atoms with Crippen LogP contribution in [0.1, 0.15) is 24.0 Å². The van der Waals surface area contributed by atoms with Crippen molar-refractivity contribution in [2.75, 3.05) is 26.2 Å². The Balaban J connectivity index is 1.42. The van der Waals surface area contributed by atoms with Gasteiger partial charge in [0.15, 0.2) is 0 Å². The molecule has 28 heavy (non-hydrogen) atoms. The summed E-state index contributed by atoms with van der Waals surface area (Å²) < 4.78 is 32.6. The maximum Gasteiger partial charge on any atom is 0.252 e. The number of nitrogens with one attached hydrogen (secondary N) is 1. The molecule has 0 saturated carbocycles. The first-order valence-electron chi connectivity index (χ1n) is 9.39. The third-order valence-corrected chi connectivity index (χ3v) is 8.05. The normalized spacial score (nSPS) is 16.1. The van der Waals surface area contributed by atoms with Gasteiger partial charge in [0.2, 0.25) is 5.91 Å². The largest absolute Gasteiger partial charge is 0.492 e. The van der Waals surface area contributed by atoms with E-state index in [1.807, 2.05) is 26.0 Å². The lowest BCUT2D eigenvalue weighted by atomic mass is 9.97. The van der Waals surface area contributed by atoms with Gasteiger partial charge in [-0.2, -0.15) is 4.31 Å². The molecule has 1 fully saturated rings. The van der Waals surface area contributed by atoms with Crippen molar-refractivity contribution in [3.8, 4) is 5.75 Å². The number of carbonyl (C=O) groups is 1. The molecule has 1 aliphatic heterocycles. The van der Waals surface area contributed by atoms with Gasteiger partial charge in [-0.25, -0.2) is 8.42 Å². The van der Waals surface area contributed by atoms with E-state index in [1.54, 1.807) is 17.5 Å². The smallest absolute Gasteiger partial charge is 0.252 e. The Morgan fingerprint density at radius 3 is 2.50 bits per heavy atom. The standard InChI is InChI=1S/C20H26N2O4S2/c1-15-12-16(2)14-18(13-15)26-10-7-21-20(23)17-5-8-22(9-6-17)28(24,25)19-4-3-11-27-19/h3-4,11-14,17H,5-10H2,1-2H3,(H,21,23). The van der Waals surface area contributed by atoms with Gasteiger partial charge in [-0.3, -0.25) is 4.79 Å². The lowest BCUT2D eigenvalue weighted by molar-refractivity contribution is -0.126. The highest BCUT2D eigenvalue weighted by atomic mass is 32.2. The molecule has 1 saturated heterocycles. The molecular weight excluding hydrogens is 396 g/mol. The van der Waals surface area contributed by atoms with E-state index in [9.17, 15) is 13.2 Å². The van der Waals surface area contributed by atoms with Gasteiger partial charge in [-0.05, 0) is 61.4 Å². The van der Waals surface area contributed by atoms with Crippen molar-refractivity contribution in [3.05, 3.63) is 46.8 Å². The van der Waals surface area contributed by atoms with E-state index in [-0.39, 0.29) is 11.8 Å². The molecule has 2 heterocycles. The number of piperidine rings is 1. The minimum atomic E-state index is -3.43. The van der Waals surface area contributed by atoms with E-state index in [4.69, 9.17) is 4.74 Å². The Morgan fingerprint density at radius 1 is 1.21 bits per heavy atom. The Labute approximate surface area is 170 Å². The molecule has 0 aliphatic carbocycles. The highest BCUT2D eigenvalue weighted by molar-refractivity contribution is 7.91. The van der Waals surface area contributed by atoms with Crippen molar-refractivity contribution < 1.29 is 17.9 Å². The summed E-state index contributed by atoms with van der Waals surface area (Å²) in [5.41, 5.74) is 2.28. The molecule has 0 radical (unpaired) electrons. The number of ether oxygens (including phenoxy) is 1. The fraction of sp³-hybridized carbons (Fsp3) is 0.450. The number of hydrogen-bond acceptors (Lipinski definition) is 5. The lowest BCUT2D eigenvalue weighted by Gasteiger charge is -2.30. The molecule has 0 unspecified atom stereocenters. The molecule has 1 aliphatic rings. The summed E-state index contributed by atoms with van der Waals surface area (Å²) in [5.74, 6) is 0.618. The Hall–Kier alpha value is -1.90. The summed E-state index contributed by atoms with van der Waals surface area (Å²) in [7, 11) is -3.43. The van der Waals surface area contributed by atoms with Crippen LogP contribution in [-0.4, -0.2) is 44.9 Å². The van der Waals surface area contributed by atoms with Crippen LogP contribution in [0.2, 0.25) is 0 Å². The van der Waals surface area contributed by atoms with Crippen LogP contribution in [-0.2, 0) is 14.8 Å². The second-order valence-corrected chi connectivity index (χ2v) is 10.2. The van der Waals surface area contributed by atoms with Crippen LogP contribution in [0.4, 0.5) is 0 Å². The second kappa shape index (κ2) is 9.07. The molecule has 8 heteroatoms. The molecule has 6 nitrogen and oxygen atoms in total. The highest BCUT2D eigenvalue weighted by Crippen LogP contribution is 2.26. The fourth-order valence-corrected chi connectivity index (χ4v) is 6.01. The predicted octanol–water partition coefficient (Wildman–Crippen LogP) is 2.96. The van der Waals surface area contributed by atoms with Crippen molar-refractivity contribution in [1.29, 1.82) is 0 Å². The number of nitrogens with zero attached hydrogens (tertiary/aromatic N) is 1. The first-order chi connectivity index (χ1) is 13.4. The average molecular weight is 423 g/mol. The number of carbonyl (C=O) groups excluding carboxylic acids is 1. The van der Waals surface area contributed by atoms with Crippen LogP contribution >= 0.6 is 11.3 Å².